The van der Waals surface area contributed by atoms with E-state index >= 15 is 0 Å². The van der Waals surface area contributed by atoms with Crippen molar-refractivity contribution in [2.24, 2.45) is 0 Å². The zero-order valence-corrected chi connectivity index (χ0v) is 8.97. The predicted octanol–water partition coefficient (Wildman–Crippen LogP) is 1.86. The molecule has 1 heterocycles. The van der Waals surface area contributed by atoms with E-state index in [4.69, 9.17) is 12.2 Å². The van der Waals surface area contributed by atoms with Crippen LogP contribution in [0.2, 0.25) is 0 Å². The molecular formula is C9H8F2N4S. The summed E-state index contributed by atoms with van der Waals surface area (Å²) < 4.78 is 27.6. The molecule has 0 spiro atoms. The third-order valence-corrected chi connectivity index (χ3v) is 2.38. The van der Waals surface area contributed by atoms with E-state index in [2.05, 4.69) is 15.5 Å². The number of nitrogens with zero attached hydrogens (tertiary/aromatic N) is 3. The van der Waals surface area contributed by atoms with Gasteiger partial charge in [-0.25, -0.2) is 13.5 Å². The maximum absolute atomic E-state index is 12.9. The van der Waals surface area contributed by atoms with Crippen molar-refractivity contribution in [3.05, 3.63) is 40.2 Å². The number of aromatic amines is 1. The second-order valence-corrected chi connectivity index (χ2v) is 3.63. The molecule has 84 valence electrons. The number of halogens is 2. The van der Waals surface area contributed by atoms with Gasteiger partial charge in [-0.3, -0.25) is 0 Å². The zero-order valence-electron chi connectivity index (χ0n) is 8.15. The molecule has 2 rings (SSSR count). The minimum Gasteiger partial charge on any atom is -0.242 e. The Morgan fingerprint density at radius 2 is 1.94 bits per heavy atom. The molecule has 0 unspecified atom stereocenters. The second kappa shape index (κ2) is 4.48. The molecule has 16 heavy (non-hydrogen) atoms. The molecule has 0 fully saturated rings. The van der Waals surface area contributed by atoms with Crippen molar-refractivity contribution in [3.8, 4) is 0 Å². The number of aromatic nitrogens is 4. The monoisotopic (exact) mass is 242 g/mol. The summed E-state index contributed by atoms with van der Waals surface area (Å²) in [5.74, 6) is -1.16. The Morgan fingerprint density at radius 3 is 2.50 bits per heavy atom. The lowest BCUT2D eigenvalue weighted by Gasteiger charge is -2.02. The predicted molar refractivity (Wildman–Crippen MR) is 55.3 cm³/mol. The fourth-order valence-corrected chi connectivity index (χ4v) is 1.53. The van der Waals surface area contributed by atoms with Crippen molar-refractivity contribution in [1.29, 1.82) is 0 Å². The largest absolute Gasteiger partial charge is 0.242 e. The third kappa shape index (κ3) is 2.48. The fraction of sp³-hybridized carbons (Fsp3) is 0.222. The Kier molecular flexibility index (Phi) is 3.04. The van der Waals surface area contributed by atoms with Gasteiger partial charge in [-0.05, 0) is 36.3 Å². The zero-order chi connectivity index (χ0) is 11.5. The Hall–Kier alpha value is -1.63. The van der Waals surface area contributed by atoms with Gasteiger partial charge < -0.3 is 0 Å². The van der Waals surface area contributed by atoms with E-state index < -0.39 is 11.6 Å². The van der Waals surface area contributed by atoms with Gasteiger partial charge in [-0.15, -0.1) is 0 Å². The molecule has 0 amide bonds. The lowest BCUT2D eigenvalue weighted by Crippen LogP contribution is -2.04. The molecule has 7 heteroatoms. The molecule has 0 bridgehead atoms. The Labute approximate surface area is 94.9 Å². The highest BCUT2D eigenvalue weighted by Gasteiger charge is 2.02. The van der Waals surface area contributed by atoms with Gasteiger partial charge in [-0.1, -0.05) is 10.3 Å². The molecule has 0 saturated heterocycles. The number of nitrogens with one attached hydrogen (secondary N) is 1. The first-order valence-electron chi connectivity index (χ1n) is 4.58. The summed E-state index contributed by atoms with van der Waals surface area (Å²) in [6, 6.07) is 3.42. The standard InChI is InChI=1S/C9H8F2N4S/c10-7-3-6(4-8(11)5-7)1-2-15-9(16)12-13-14-15/h3-5H,1-2H2,(H,12,14,16). The van der Waals surface area contributed by atoms with Crippen molar-refractivity contribution in [2.45, 2.75) is 13.0 Å². The van der Waals surface area contributed by atoms with Gasteiger partial charge in [0.25, 0.3) is 0 Å². The van der Waals surface area contributed by atoms with Gasteiger partial charge in [0.15, 0.2) is 0 Å². The van der Waals surface area contributed by atoms with E-state index in [1.165, 1.54) is 16.8 Å². The number of hydrogen-bond donors (Lipinski definition) is 1. The maximum Gasteiger partial charge on any atom is 0.238 e. The number of hydrogen-bond acceptors (Lipinski definition) is 3. The first-order valence-corrected chi connectivity index (χ1v) is 4.99. The highest BCUT2D eigenvalue weighted by molar-refractivity contribution is 7.71. The highest BCUT2D eigenvalue weighted by atomic mass is 32.1. The van der Waals surface area contributed by atoms with Crippen LogP contribution in [0.1, 0.15) is 5.56 Å². The average molecular weight is 242 g/mol. The lowest BCUT2D eigenvalue weighted by atomic mass is 10.1. The number of aryl methyl sites for hydroxylation is 2. The average Bonchev–Trinajstić information content (AvgIpc) is 2.59. The van der Waals surface area contributed by atoms with Gasteiger partial charge >= 0.3 is 0 Å². The summed E-state index contributed by atoms with van der Waals surface area (Å²) in [7, 11) is 0. The maximum atomic E-state index is 12.9. The van der Waals surface area contributed by atoms with Crippen LogP contribution in [-0.4, -0.2) is 20.2 Å². The van der Waals surface area contributed by atoms with Gasteiger partial charge in [-0.2, -0.15) is 5.21 Å². The van der Waals surface area contributed by atoms with E-state index in [9.17, 15) is 8.78 Å². The minimum atomic E-state index is -0.582. The van der Waals surface area contributed by atoms with Gasteiger partial charge in [0.05, 0.1) is 0 Å². The van der Waals surface area contributed by atoms with Crippen LogP contribution in [0.4, 0.5) is 8.78 Å². The first-order chi connectivity index (χ1) is 7.65. The van der Waals surface area contributed by atoms with Crippen molar-refractivity contribution in [1.82, 2.24) is 20.2 Å². The van der Waals surface area contributed by atoms with E-state index in [0.717, 1.165) is 6.07 Å². The van der Waals surface area contributed by atoms with Crippen LogP contribution in [0.15, 0.2) is 18.2 Å². The molecule has 0 atom stereocenters. The lowest BCUT2D eigenvalue weighted by molar-refractivity contribution is 0.562. The molecule has 1 aromatic heterocycles. The minimum absolute atomic E-state index is 0.317. The highest BCUT2D eigenvalue weighted by Crippen LogP contribution is 2.09. The Morgan fingerprint density at radius 1 is 1.25 bits per heavy atom. The molecular weight excluding hydrogens is 234 g/mol. The molecule has 0 aliphatic rings. The summed E-state index contributed by atoms with van der Waals surface area (Å²) in [6.45, 7) is 0.453. The van der Waals surface area contributed by atoms with Crippen molar-refractivity contribution >= 4 is 12.2 Å². The van der Waals surface area contributed by atoms with Gasteiger partial charge in [0.2, 0.25) is 4.77 Å². The summed E-state index contributed by atoms with van der Waals surface area (Å²) >= 11 is 4.86. The number of H-pyrrole nitrogens is 1. The van der Waals surface area contributed by atoms with Crippen LogP contribution in [0.25, 0.3) is 0 Å². The summed E-state index contributed by atoms with van der Waals surface area (Å²) in [4.78, 5) is 0. The molecule has 2 aromatic rings. The van der Waals surface area contributed by atoms with Crippen molar-refractivity contribution in [2.75, 3.05) is 0 Å². The summed E-state index contributed by atoms with van der Waals surface area (Å²) in [6.07, 6.45) is 0.451. The quantitative estimate of drug-likeness (QED) is 0.836. The van der Waals surface area contributed by atoms with E-state index in [1.807, 2.05) is 0 Å². The fourth-order valence-electron chi connectivity index (χ4n) is 1.36. The molecule has 0 aliphatic carbocycles. The summed E-state index contributed by atoms with van der Waals surface area (Å²) in [5.41, 5.74) is 0.564. The SMILES string of the molecule is Fc1cc(F)cc(CCn2[nH]nnc2=S)c1. The van der Waals surface area contributed by atoms with Crippen LogP contribution in [0.3, 0.4) is 0 Å². The molecule has 1 aromatic carbocycles. The van der Waals surface area contributed by atoms with Crippen LogP contribution in [0, 0.1) is 16.4 Å². The van der Waals surface area contributed by atoms with Crippen molar-refractivity contribution < 1.29 is 8.78 Å². The molecule has 0 saturated carbocycles. The second-order valence-electron chi connectivity index (χ2n) is 3.26. The number of benzene rings is 1. The topological polar surface area (TPSA) is 46.5 Å². The van der Waals surface area contributed by atoms with Gasteiger partial charge in [0, 0.05) is 12.6 Å². The van der Waals surface area contributed by atoms with Crippen molar-refractivity contribution in [3.63, 3.8) is 0 Å². The number of rotatable bonds is 3. The number of tetrazole rings is 1. The molecule has 4 nitrogen and oxygen atoms in total. The first kappa shape index (κ1) is 10.9. The van der Waals surface area contributed by atoms with Crippen LogP contribution >= 0.6 is 12.2 Å². The van der Waals surface area contributed by atoms with Gasteiger partial charge in [0.1, 0.15) is 11.6 Å². The molecule has 0 aliphatic heterocycles. The molecule has 0 radical (unpaired) electrons. The molecule has 1 N–H and O–H groups in total. The third-order valence-electron chi connectivity index (χ3n) is 2.08. The summed E-state index contributed by atoms with van der Waals surface area (Å²) in [5, 5.41) is 9.66. The van der Waals surface area contributed by atoms with E-state index in [-0.39, 0.29) is 0 Å². The van der Waals surface area contributed by atoms with Crippen LogP contribution < -0.4 is 0 Å². The Balaban J connectivity index is 2.10. The van der Waals surface area contributed by atoms with Crippen LogP contribution in [0.5, 0.6) is 0 Å². The smallest absolute Gasteiger partial charge is 0.238 e. The van der Waals surface area contributed by atoms with E-state index in [1.54, 1.807) is 0 Å². The Bertz CT molecular complexity index is 528. The van der Waals surface area contributed by atoms with E-state index in [0.29, 0.717) is 23.3 Å². The normalized spacial score (nSPS) is 10.6. The van der Waals surface area contributed by atoms with Crippen LogP contribution in [-0.2, 0) is 13.0 Å².